The van der Waals surface area contributed by atoms with Gasteiger partial charge in [0.25, 0.3) is 0 Å². The Bertz CT molecular complexity index is 767. The summed E-state index contributed by atoms with van der Waals surface area (Å²) in [7, 11) is 0. The molecule has 0 N–H and O–H groups in total. The minimum Gasteiger partial charge on any atom is -0.241 e. The van der Waals surface area contributed by atoms with Gasteiger partial charge in [0.2, 0.25) is 0 Å². The first kappa shape index (κ1) is 14.2. The Kier molecular flexibility index (Phi) is 4.10. The quantitative estimate of drug-likeness (QED) is 0.638. The lowest BCUT2D eigenvalue weighted by Crippen LogP contribution is -1.87. The Hall–Kier alpha value is -2.74. The summed E-state index contributed by atoms with van der Waals surface area (Å²) in [5, 5.41) is 0. The molecule has 2 nitrogen and oxygen atoms in total. The van der Waals surface area contributed by atoms with Gasteiger partial charge in [0.05, 0.1) is 0 Å². The van der Waals surface area contributed by atoms with Gasteiger partial charge in [0, 0.05) is 18.0 Å². The van der Waals surface area contributed by atoms with Gasteiger partial charge in [0.15, 0.2) is 0 Å². The summed E-state index contributed by atoms with van der Waals surface area (Å²) in [5.41, 5.74) is 5.84. The van der Waals surface area contributed by atoms with Crippen molar-refractivity contribution >= 4 is 12.2 Å². The lowest BCUT2D eigenvalue weighted by molar-refractivity contribution is 1.06. The molecule has 0 aliphatic carbocycles. The molecule has 108 valence electrons. The van der Waals surface area contributed by atoms with E-state index in [0.29, 0.717) is 0 Å². The molecule has 3 rings (SSSR count). The standard InChI is InChI=1S/C20H18N2/c1-15-3-5-17(6-4-15)7-8-18-9-11-19(12-10-18)20-13-21-16(2)22-14-20/h3-14H,1-2H3/b8-7+. The molecule has 0 spiro atoms. The largest absolute Gasteiger partial charge is 0.241 e. The predicted molar refractivity (Wildman–Crippen MR) is 92.3 cm³/mol. The van der Waals surface area contributed by atoms with Crippen molar-refractivity contribution in [2.45, 2.75) is 13.8 Å². The van der Waals surface area contributed by atoms with Crippen molar-refractivity contribution in [1.82, 2.24) is 9.97 Å². The highest BCUT2D eigenvalue weighted by Gasteiger charge is 1.98. The van der Waals surface area contributed by atoms with Gasteiger partial charge in [0.1, 0.15) is 5.82 Å². The molecule has 2 heteroatoms. The summed E-state index contributed by atoms with van der Waals surface area (Å²) in [4.78, 5) is 8.47. The van der Waals surface area contributed by atoms with E-state index >= 15 is 0 Å². The van der Waals surface area contributed by atoms with Gasteiger partial charge in [-0.2, -0.15) is 0 Å². The molecule has 22 heavy (non-hydrogen) atoms. The van der Waals surface area contributed by atoms with E-state index in [9.17, 15) is 0 Å². The number of nitrogens with zero attached hydrogens (tertiary/aromatic N) is 2. The smallest absolute Gasteiger partial charge is 0.125 e. The average Bonchev–Trinajstić information content (AvgIpc) is 2.56. The second kappa shape index (κ2) is 6.35. The van der Waals surface area contributed by atoms with E-state index in [0.717, 1.165) is 17.0 Å². The molecule has 0 bridgehead atoms. The molecule has 0 atom stereocenters. The van der Waals surface area contributed by atoms with E-state index in [4.69, 9.17) is 0 Å². The van der Waals surface area contributed by atoms with Crippen LogP contribution in [0.4, 0.5) is 0 Å². The normalized spacial score (nSPS) is 11.0. The van der Waals surface area contributed by atoms with Crippen LogP contribution >= 0.6 is 0 Å². The maximum atomic E-state index is 4.24. The number of aromatic nitrogens is 2. The van der Waals surface area contributed by atoms with Crippen LogP contribution in [0.2, 0.25) is 0 Å². The molecule has 3 aromatic rings. The molecule has 0 saturated heterocycles. The molecular formula is C20H18N2. The van der Waals surface area contributed by atoms with Crippen molar-refractivity contribution < 1.29 is 0 Å². The van der Waals surface area contributed by atoms with Gasteiger partial charge in [-0.1, -0.05) is 66.2 Å². The van der Waals surface area contributed by atoms with E-state index in [1.165, 1.54) is 16.7 Å². The third-order valence-corrected chi connectivity index (χ3v) is 3.57. The van der Waals surface area contributed by atoms with Crippen LogP contribution in [0.5, 0.6) is 0 Å². The van der Waals surface area contributed by atoms with E-state index in [2.05, 4.69) is 77.6 Å². The van der Waals surface area contributed by atoms with Crippen LogP contribution in [0, 0.1) is 13.8 Å². The molecule has 0 radical (unpaired) electrons. The third kappa shape index (κ3) is 3.47. The van der Waals surface area contributed by atoms with E-state index in [1.807, 2.05) is 19.3 Å². The van der Waals surface area contributed by atoms with Gasteiger partial charge < -0.3 is 0 Å². The second-order valence-corrected chi connectivity index (χ2v) is 5.38. The van der Waals surface area contributed by atoms with Crippen molar-refractivity contribution in [3.05, 3.63) is 83.4 Å². The summed E-state index contributed by atoms with van der Waals surface area (Å²) in [6.45, 7) is 3.99. The van der Waals surface area contributed by atoms with Crippen molar-refractivity contribution in [2.24, 2.45) is 0 Å². The Balaban J connectivity index is 1.76. The van der Waals surface area contributed by atoms with Crippen LogP contribution in [0.15, 0.2) is 60.9 Å². The Morgan fingerprint density at radius 1 is 0.636 bits per heavy atom. The van der Waals surface area contributed by atoms with Gasteiger partial charge in [-0.25, -0.2) is 9.97 Å². The number of benzene rings is 2. The van der Waals surface area contributed by atoms with Gasteiger partial charge >= 0.3 is 0 Å². The molecule has 0 aliphatic rings. The minimum atomic E-state index is 0.793. The van der Waals surface area contributed by atoms with Crippen molar-refractivity contribution in [2.75, 3.05) is 0 Å². The highest BCUT2D eigenvalue weighted by molar-refractivity contribution is 5.71. The summed E-state index contributed by atoms with van der Waals surface area (Å²) < 4.78 is 0. The number of aryl methyl sites for hydroxylation is 2. The van der Waals surface area contributed by atoms with Crippen LogP contribution in [0.1, 0.15) is 22.5 Å². The summed E-state index contributed by atoms with van der Waals surface area (Å²) in [6, 6.07) is 16.9. The zero-order valence-electron chi connectivity index (χ0n) is 12.8. The first-order valence-corrected chi connectivity index (χ1v) is 7.34. The molecule has 2 aromatic carbocycles. The monoisotopic (exact) mass is 286 g/mol. The molecule has 0 unspecified atom stereocenters. The Labute approximate surface area is 131 Å². The molecule has 1 aromatic heterocycles. The summed E-state index contributed by atoms with van der Waals surface area (Å²) in [6.07, 6.45) is 7.97. The Morgan fingerprint density at radius 3 is 1.68 bits per heavy atom. The molecule has 0 saturated carbocycles. The van der Waals surface area contributed by atoms with E-state index in [1.54, 1.807) is 0 Å². The summed E-state index contributed by atoms with van der Waals surface area (Å²) >= 11 is 0. The fraction of sp³-hybridized carbons (Fsp3) is 0.100. The number of hydrogen-bond donors (Lipinski definition) is 0. The van der Waals surface area contributed by atoms with E-state index in [-0.39, 0.29) is 0 Å². The van der Waals surface area contributed by atoms with Crippen molar-refractivity contribution in [1.29, 1.82) is 0 Å². The van der Waals surface area contributed by atoms with Crippen molar-refractivity contribution in [3.63, 3.8) is 0 Å². The summed E-state index contributed by atoms with van der Waals surface area (Å²) in [5.74, 6) is 0.793. The minimum absolute atomic E-state index is 0.793. The topological polar surface area (TPSA) is 25.8 Å². The van der Waals surface area contributed by atoms with Gasteiger partial charge in [-0.15, -0.1) is 0 Å². The fourth-order valence-corrected chi connectivity index (χ4v) is 2.20. The lowest BCUT2D eigenvalue weighted by atomic mass is 10.1. The number of rotatable bonds is 3. The highest BCUT2D eigenvalue weighted by Crippen LogP contribution is 2.19. The van der Waals surface area contributed by atoms with Crippen molar-refractivity contribution in [3.8, 4) is 11.1 Å². The van der Waals surface area contributed by atoms with Gasteiger partial charge in [-0.05, 0) is 30.5 Å². The predicted octanol–water partition coefficient (Wildman–Crippen LogP) is 4.93. The van der Waals surface area contributed by atoms with Crippen LogP contribution in [-0.2, 0) is 0 Å². The van der Waals surface area contributed by atoms with Crippen LogP contribution in [-0.4, -0.2) is 9.97 Å². The second-order valence-electron chi connectivity index (χ2n) is 5.38. The molecular weight excluding hydrogens is 268 g/mol. The zero-order valence-corrected chi connectivity index (χ0v) is 12.8. The lowest BCUT2D eigenvalue weighted by Gasteiger charge is -2.02. The van der Waals surface area contributed by atoms with Gasteiger partial charge in [-0.3, -0.25) is 0 Å². The highest BCUT2D eigenvalue weighted by atomic mass is 14.8. The van der Waals surface area contributed by atoms with E-state index < -0.39 is 0 Å². The average molecular weight is 286 g/mol. The first-order chi connectivity index (χ1) is 10.7. The first-order valence-electron chi connectivity index (χ1n) is 7.34. The molecule has 0 amide bonds. The molecule has 0 aliphatic heterocycles. The SMILES string of the molecule is Cc1ccc(/C=C/c2ccc(-c3cnc(C)nc3)cc2)cc1. The molecule has 0 fully saturated rings. The maximum Gasteiger partial charge on any atom is 0.125 e. The number of hydrogen-bond acceptors (Lipinski definition) is 2. The van der Waals surface area contributed by atoms with Crippen LogP contribution < -0.4 is 0 Å². The maximum absolute atomic E-state index is 4.24. The Morgan fingerprint density at radius 2 is 1.14 bits per heavy atom. The zero-order chi connectivity index (χ0) is 15.4. The third-order valence-electron chi connectivity index (χ3n) is 3.57. The van der Waals surface area contributed by atoms with Crippen LogP contribution in [0.3, 0.4) is 0 Å². The molecule has 1 heterocycles. The van der Waals surface area contributed by atoms with Crippen LogP contribution in [0.25, 0.3) is 23.3 Å². The fourth-order valence-electron chi connectivity index (χ4n) is 2.20.